The van der Waals surface area contributed by atoms with E-state index in [0.717, 1.165) is 37.8 Å². The lowest BCUT2D eigenvalue weighted by molar-refractivity contribution is -0.139. The Morgan fingerprint density at radius 3 is 2.57 bits per heavy atom. The van der Waals surface area contributed by atoms with Gasteiger partial charge in [-0.25, -0.2) is 4.79 Å². The van der Waals surface area contributed by atoms with E-state index >= 15 is 0 Å². The first kappa shape index (κ1) is 18.7. The molecule has 0 heterocycles. The van der Waals surface area contributed by atoms with Crippen LogP contribution in [0.15, 0.2) is 36.4 Å². The lowest BCUT2D eigenvalue weighted by atomic mass is 10.1. The lowest BCUT2D eigenvalue weighted by Gasteiger charge is -2.06. The molecule has 1 aromatic carbocycles. The molecule has 0 unspecified atom stereocenters. The summed E-state index contributed by atoms with van der Waals surface area (Å²) in [5.74, 6) is -0.325. The van der Waals surface area contributed by atoms with Crippen LogP contribution in [0.25, 0.3) is 0 Å². The Morgan fingerprint density at radius 1 is 1.17 bits per heavy atom. The van der Waals surface area contributed by atoms with E-state index < -0.39 is 0 Å². The predicted molar refractivity (Wildman–Crippen MR) is 93.0 cm³/mol. The van der Waals surface area contributed by atoms with Crippen molar-refractivity contribution in [3.05, 3.63) is 36.4 Å². The summed E-state index contributed by atoms with van der Waals surface area (Å²) in [6, 6.07) is 7.15. The Balaban J connectivity index is 2.01. The molecule has 0 fully saturated rings. The first-order chi connectivity index (χ1) is 11.0. The fourth-order valence-electron chi connectivity index (χ4n) is 2.05. The number of ether oxygens (including phenoxy) is 1. The molecule has 1 rings (SSSR count). The molecule has 126 valence electrons. The highest BCUT2D eigenvalue weighted by Gasteiger charge is 2.03. The van der Waals surface area contributed by atoms with Crippen LogP contribution in [0.2, 0.25) is 0 Å². The van der Waals surface area contributed by atoms with Crippen molar-refractivity contribution in [3.63, 3.8) is 0 Å². The smallest absolute Gasteiger partial charge is 0.333 e. The van der Waals surface area contributed by atoms with Crippen LogP contribution in [0.5, 0.6) is 0 Å². The fourth-order valence-corrected chi connectivity index (χ4v) is 2.05. The molecule has 23 heavy (non-hydrogen) atoms. The van der Waals surface area contributed by atoms with E-state index in [9.17, 15) is 9.59 Å². The summed E-state index contributed by atoms with van der Waals surface area (Å²) < 4.78 is 5.01. The van der Waals surface area contributed by atoms with Gasteiger partial charge in [0.15, 0.2) is 0 Å². The number of anilines is 2. The summed E-state index contributed by atoms with van der Waals surface area (Å²) in [6.07, 6.45) is 5.18. The molecule has 0 saturated carbocycles. The second kappa shape index (κ2) is 10.4. The van der Waals surface area contributed by atoms with Gasteiger partial charge in [-0.3, -0.25) is 4.79 Å². The number of amides is 1. The molecule has 3 N–H and O–H groups in total. The monoisotopic (exact) mass is 318 g/mol. The number of rotatable bonds is 10. The van der Waals surface area contributed by atoms with Gasteiger partial charge in [0.25, 0.3) is 0 Å². The Labute approximate surface area is 137 Å². The maximum Gasteiger partial charge on any atom is 0.333 e. The van der Waals surface area contributed by atoms with Crippen molar-refractivity contribution in [1.29, 1.82) is 0 Å². The van der Waals surface area contributed by atoms with E-state index in [2.05, 4.69) is 11.9 Å². The van der Waals surface area contributed by atoms with E-state index in [1.54, 1.807) is 19.1 Å². The molecule has 0 saturated heterocycles. The second-order valence-corrected chi connectivity index (χ2v) is 5.61. The van der Waals surface area contributed by atoms with E-state index in [1.807, 2.05) is 12.1 Å². The molecule has 0 aliphatic heterocycles. The number of carbonyl (C=O) groups excluding carboxylic acids is 2. The number of esters is 1. The van der Waals surface area contributed by atoms with Crippen LogP contribution in [-0.2, 0) is 14.3 Å². The highest BCUT2D eigenvalue weighted by atomic mass is 16.5. The van der Waals surface area contributed by atoms with Crippen LogP contribution in [0.3, 0.4) is 0 Å². The molecular formula is C18H26N2O3. The third-order valence-electron chi connectivity index (χ3n) is 3.30. The van der Waals surface area contributed by atoms with Crippen molar-refractivity contribution >= 4 is 23.3 Å². The van der Waals surface area contributed by atoms with Gasteiger partial charge in [-0.05, 0) is 38.0 Å². The molecule has 1 aromatic rings. The van der Waals surface area contributed by atoms with E-state index in [1.165, 1.54) is 0 Å². The van der Waals surface area contributed by atoms with Crippen molar-refractivity contribution < 1.29 is 14.3 Å². The Hall–Kier alpha value is -2.30. The number of hydrogen-bond donors (Lipinski definition) is 2. The van der Waals surface area contributed by atoms with Gasteiger partial charge in [0.2, 0.25) is 5.91 Å². The minimum Gasteiger partial charge on any atom is -0.462 e. The van der Waals surface area contributed by atoms with Crippen LogP contribution in [0.1, 0.15) is 45.4 Å². The second-order valence-electron chi connectivity index (χ2n) is 5.61. The van der Waals surface area contributed by atoms with Gasteiger partial charge in [-0.1, -0.05) is 31.9 Å². The molecular weight excluding hydrogens is 292 g/mol. The predicted octanol–water partition coefficient (Wildman–Crippen LogP) is 3.67. The van der Waals surface area contributed by atoms with Crippen LogP contribution < -0.4 is 11.1 Å². The summed E-state index contributed by atoms with van der Waals surface area (Å²) in [5.41, 5.74) is 7.45. The molecule has 0 aliphatic carbocycles. The van der Waals surface area contributed by atoms with Gasteiger partial charge in [-0.15, -0.1) is 0 Å². The molecule has 0 aromatic heterocycles. The van der Waals surface area contributed by atoms with Gasteiger partial charge in [0.1, 0.15) is 0 Å². The zero-order valence-corrected chi connectivity index (χ0v) is 13.8. The van der Waals surface area contributed by atoms with Gasteiger partial charge in [0, 0.05) is 23.4 Å². The minimum atomic E-state index is -0.330. The Morgan fingerprint density at radius 2 is 1.87 bits per heavy atom. The highest BCUT2D eigenvalue weighted by Crippen LogP contribution is 2.13. The molecule has 0 atom stereocenters. The van der Waals surface area contributed by atoms with Crippen LogP contribution in [0, 0.1) is 0 Å². The molecule has 1 amide bonds. The number of hydrogen-bond acceptors (Lipinski definition) is 4. The first-order valence-corrected chi connectivity index (χ1v) is 7.97. The quantitative estimate of drug-likeness (QED) is 0.298. The summed E-state index contributed by atoms with van der Waals surface area (Å²) in [6.45, 7) is 5.59. The number of unbranched alkanes of at least 4 members (excludes halogenated alkanes) is 4. The van der Waals surface area contributed by atoms with Crippen LogP contribution in [-0.4, -0.2) is 18.5 Å². The normalized spacial score (nSPS) is 10.1. The Bertz CT molecular complexity index is 541. The van der Waals surface area contributed by atoms with Crippen LogP contribution >= 0.6 is 0 Å². The van der Waals surface area contributed by atoms with Crippen LogP contribution in [0.4, 0.5) is 11.4 Å². The Kier molecular flexibility index (Phi) is 8.50. The number of nitrogens with one attached hydrogen (secondary N) is 1. The van der Waals surface area contributed by atoms with E-state index in [4.69, 9.17) is 10.5 Å². The third kappa shape index (κ3) is 8.66. The molecule has 0 aliphatic rings. The van der Waals surface area contributed by atoms with Crippen molar-refractivity contribution in [2.24, 2.45) is 0 Å². The third-order valence-corrected chi connectivity index (χ3v) is 3.30. The average Bonchev–Trinajstić information content (AvgIpc) is 2.49. The largest absolute Gasteiger partial charge is 0.462 e. The van der Waals surface area contributed by atoms with Crippen molar-refractivity contribution in [2.75, 3.05) is 17.7 Å². The fraction of sp³-hybridized carbons (Fsp3) is 0.444. The standard InChI is InChI=1S/C18H26N2O3/c1-14(2)18(22)23-12-7-5-3-4-6-11-17(21)20-16-10-8-9-15(19)13-16/h8-10,13H,1,3-7,11-12,19H2,2H3,(H,20,21). The lowest BCUT2D eigenvalue weighted by Crippen LogP contribution is -2.11. The number of nitrogen functional groups attached to an aromatic ring is 1. The molecule has 5 nitrogen and oxygen atoms in total. The first-order valence-electron chi connectivity index (χ1n) is 7.97. The maximum atomic E-state index is 11.8. The SMILES string of the molecule is C=C(C)C(=O)OCCCCCCCC(=O)Nc1cccc(N)c1. The van der Waals surface area contributed by atoms with E-state index in [0.29, 0.717) is 24.3 Å². The van der Waals surface area contributed by atoms with Gasteiger partial charge in [-0.2, -0.15) is 0 Å². The summed E-state index contributed by atoms with van der Waals surface area (Å²) in [7, 11) is 0. The molecule has 0 radical (unpaired) electrons. The van der Waals surface area contributed by atoms with Gasteiger partial charge < -0.3 is 15.8 Å². The van der Waals surface area contributed by atoms with Crippen molar-refractivity contribution in [1.82, 2.24) is 0 Å². The summed E-state index contributed by atoms with van der Waals surface area (Å²) in [5, 5.41) is 2.83. The number of carbonyl (C=O) groups is 2. The summed E-state index contributed by atoms with van der Waals surface area (Å²) >= 11 is 0. The van der Waals surface area contributed by atoms with Crippen molar-refractivity contribution in [3.8, 4) is 0 Å². The molecule has 5 heteroatoms. The summed E-state index contributed by atoms with van der Waals surface area (Å²) in [4.78, 5) is 22.9. The molecule has 0 bridgehead atoms. The number of nitrogens with two attached hydrogens (primary N) is 1. The van der Waals surface area contributed by atoms with Gasteiger partial charge >= 0.3 is 5.97 Å². The molecule has 0 spiro atoms. The zero-order valence-electron chi connectivity index (χ0n) is 13.8. The maximum absolute atomic E-state index is 11.8. The van der Waals surface area contributed by atoms with E-state index in [-0.39, 0.29) is 11.9 Å². The zero-order chi connectivity index (χ0) is 17.1. The topological polar surface area (TPSA) is 81.4 Å². The van der Waals surface area contributed by atoms with Crippen molar-refractivity contribution in [2.45, 2.75) is 45.4 Å². The van der Waals surface area contributed by atoms with Gasteiger partial charge in [0.05, 0.1) is 6.61 Å². The minimum absolute atomic E-state index is 0.00554. The number of benzene rings is 1. The average molecular weight is 318 g/mol. The highest BCUT2D eigenvalue weighted by molar-refractivity contribution is 5.91.